The van der Waals surface area contributed by atoms with Crippen molar-refractivity contribution in [2.75, 3.05) is 0 Å². The maximum absolute atomic E-state index is 8.92. The van der Waals surface area contributed by atoms with Crippen LogP contribution < -0.4 is 0 Å². The van der Waals surface area contributed by atoms with Crippen molar-refractivity contribution in [1.29, 1.82) is 0 Å². The molecule has 1 aromatic heterocycles. The van der Waals surface area contributed by atoms with E-state index in [-0.39, 0.29) is 6.61 Å². The van der Waals surface area contributed by atoms with Gasteiger partial charge in [0.1, 0.15) is 12.4 Å². The molecule has 0 radical (unpaired) electrons. The molecule has 2 rings (SSSR count). The normalized spacial score (nSPS) is 10.6. The molecule has 0 aliphatic rings. The fourth-order valence-electron chi connectivity index (χ4n) is 1.73. The highest BCUT2D eigenvalue weighted by Gasteiger charge is 2.02. The van der Waals surface area contributed by atoms with Crippen molar-refractivity contribution in [3.05, 3.63) is 41.9 Å². The minimum atomic E-state index is -0.0477. The third kappa shape index (κ3) is 2.31. The van der Waals surface area contributed by atoms with Crippen molar-refractivity contribution in [3.63, 3.8) is 0 Å². The zero-order chi connectivity index (χ0) is 11.4. The number of aryl methyl sites for hydroxylation is 1. The molecule has 0 saturated heterocycles. The molecule has 1 aromatic carbocycles. The summed E-state index contributed by atoms with van der Waals surface area (Å²) < 4.78 is 0. The summed E-state index contributed by atoms with van der Waals surface area (Å²) in [5.74, 6) is 0.604. The second-order valence-corrected chi connectivity index (χ2v) is 3.85. The van der Waals surface area contributed by atoms with Crippen LogP contribution >= 0.6 is 0 Å². The number of nitrogens with one attached hydrogen (secondary N) is 1. The van der Waals surface area contributed by atoms with Crippen molar-refractivity contribution in [2.24, 2.45) is 0 Å². The Kier molecular flexibility index (Phi) is 3.37. The topological polar surface area (TPSA) is 48.9 Å². The first kappa shape index (κ1) is 10.9. The summed E-state index contributed by atoms with van der Waals surface area (Å²) in [5, 5.41) is 8.92. The summed E-state index contributed by atoms with van der Waals surface area (Å²) in [6.07, 6.45) is 4.03. The summed E-state index contributed by atoms with van der Waals surface area (Å²) in [4.78, 5) is 7.13. The van der Waals surface area contributed by atoms with Crippen molar-refractivity contribution >= 4 is 0 Å². The Morgan fingerprint density at radius 1 is 1.25 bits per heavy atom. The fourth-order valence-corrected chi connectivity index (χ4v) is 1.73. The third-order valence-corrected chi connectivity index (χ3v) is 2.58. The number of imidazole rings is 1. The van der Waals surface area contributed by atoms with E-state index in [9.17, 15) is 0 Å². The van der Waals surface area contributed by atoms with Crippen LogP contribution in [0, 0.1) is 0 Å². The predicted octanol–water partition coefficient (Wildman–Crippen LogP) is 2.52. The molecule has 0 aliphatic heterocycles. The van der Waals surface area contributed by atoms with Gasteiger partial charge in [-0.3, -0.25) is 0 Å². The third-order valence-electron chi connectivity index (χ3n) is 2.58. The Morgan fingerprint density at radius 2 is 2.00 bits per heavy atom. The molecule has 0 bridgehead atoms. The largest absolute Gasteiger partial charge is 0.388 e. The highest BCUT2D eigenvalue weighted by molar-refractivity contribution is 5.58. The first-order valence-corrected chi connectivity index (χ1v) is 5.57. The lowest BCUT2D eigenvalue weighted by molar-refractivity contribution is 0.272. The van der Waals surface area contributed by atoms with E-state index < -0.39 is 0 Å². The second-order valence-electron chi connectivity index (χ2n) is 3.85. The molecule has 16 heavy (non-hydrogen) atoms. The Hall–Kier alpha value is -1.61. The lowest BCUT2D eigenvalue weighted by Gasteiger charge is -2.01. The van der Waals surface area contributed by atoms with Gasteiger partial charge in [-0.15, -0.1) is 0 Å². The van der Waals surface area contributed by atoms with Crippen LogP contribution in [-0.4, -0.2) is 15.1 Å². The first-order valence-electron chi connectivity index (χ1n) is 5.57. The number of aromatic nitrogens is 2. The van der Waals surface area contributed by atoms with E-state index in [0.29, 0.717) is 5.82 Å². The van der Waals surface area contributed by atoms with Crippen molar-refractivity contribution in [2.45, 2.75) is 26.4 Å². The summed E-state index contributed by atoms with van der Waals surface area (Å²) >= 11 is 0. The average molecular weight is 216 g/mol. The highest BCUT2D eigenvalue weighted by Crippen LogP contribution is 2.18. The molecule has 2 N–H and O–H groups in total. The van der Waals surface area contributed by atoms with Gasteiger partial charge in [-0.1, -0.05) is 37.6 Å². The number of aliphatic hydroxyl groups is 1. The Bertz CT molecular complexity index is 445. The van der Waals surface area contributed by atoms with Crippen LogP contribution in [0.3, 0.4) is 0 Å². The van der Waals surface area contributed by atoms with Gasteiger partial charge in [0.2, 0.25) is 0 Å². The number of benzene rings is 1. The van der Waals surface area contributed by atoms with E-state index in [1.54, 1.807) is 6.20 Å². The molecule has 0 amide bonds. The average Bonchev–Trinajstić information content (AvgIpc) is 2.79. The van der Waals surface area contributed by atoms with Crippen LogP contribution in [-0.2, 0) is 13.0 Å². The minimum absolute atomic E-state index is 0.0477. The summed E-state index contributed by atoms with van der Waals surface area (Å²) in [7, 11) is 0. The number of rotatable bonds is 4. The molecule has 0 fully saturated rings. The van der Waals surface area contributed by atoms with Gasteiger partial charge < -0.3 is 10.1 Å². The maximum Gasteiger partial charge on any atom is 0.132 e. The predicted molar refractivity (Wildman–Crippen MR) is 63.9 cm³/mol. The van der Waals surface area contributed by atoms with Crippen LogP contribution in [0.1, 0.15) is 24.7 Å². The van der Waals surface area contributed by atoms with Gasteiger partial charge in [0.25, 0.3) is 0 Å². The summed E-state index contributed by atoms with van der Waals surface area (Å²) in [6, 6.07) is 8.44. The van der Waals surface area contributed by atoms with Gasteiger partial charge in [-0.05, 0) is 17.5 Å². The van der Waals surface area contributed by atoms with Crippen LogP contribution in [0.15, 0.2) is 30.5 Å². The van der Waals surface area contributed by atoms with Crippen molar-refractivity contribution in [3.8, 4) is 11.3 Å². The number of hydrogen-bond acceptors (Lipinski definition) is 2. The second kappa shape index (κ2) is 4.94. The SMILES string of the molecule is CCCc1ccc(-c2cnc(CO)[nH]2)cc1. The van der Waals surface area contributed by atoms with Gasteiger partial charge in [0, 0.05) is 0 Å². The van der Waals surface area contributed by atoms with Crippen LogP contribution in [0.25, 0.3) is 11.3 Å². The standard InChI is InChI=1S/C13H16N2O/c1-2-3-10-4-6-11(7-5-10)12-8-14-13(9-16)15-12/h4-8,16H,2-3,9H2,1H3,(H,14,15). The Morgan fingerprint density at radius 3 is 2.56 bits per heavy atom. The fraction of sp³-hybridized carbons (Fsp3) is 0.308. The van der Waals surface area contributed by atoms with E-state index in [1.807, 2.05) is 0 Å². The number of H-pyrrole nitrogens is 1. The molecule has 2 aromatic rings. The molecule has 0 saturated carbocycles. The highest BCUT2D eigenvalue weighted by atomic mass is 16.3. The van der Waals surface area contributed by atoms with Crippen molar-refractivity contribution < 1.29 is 5.11 Å². The number of nitrogens with zero attached hydrogens (tertiary/aromatic N) is 1. The van der Waals surface area contributed by atoms with Gasteiger partial charge in [0.05, 0.1) is 11.9 Å². The van der Waals surface area contributed by atoms with Gasteiger partial charge >= 0.3 is 0 Å². The quantitative estimate of drug-likeness (QED) is 0.825. The summed E-state index contributed by atoms with van der Waals surface area (Å²) in [5.41, 5.74) is 3.41. The number of hydrogen-bond donors (Lipinski definition) is 2. The molecule has 84 valence electrons. The van der Waals surface area contributed by atoms with Gasteiger partial charge in [-0.2, -0.15) is 0 Å². The van der Waals surface area contributed by atoms with Gasteiger partial charge in [-0.25, -0.2) is 4.98 Å². The van der Waals surface area contributed by atoms with E-state index in [0.717, 1.165) is 24.1 Å². The van der Waals surface area contributed by atoms with Gasteiger partial charge in [0.15, 0.2) is 0 Å². The van der Waals surface area contributed by atoms with Crippen molar-refractivity contribution in [1.82, 2.24) is 9.97 Å². The van der Waals surface area contributed by atoms with E-state index in [2.05, 4.69) is 41.2 Å². The molecule has 1 heterocycles. The maximum atomic E-state index is 8.92. The van der Waals surface area contributed by atoms with Crippen LogP contribution in [0.2, 0.25) is 0 Å². The zero-order valence-corrected chi connectivity index (χ0v) is 9.40. The summed E-state index contributed by atoms with van der Waals surface area (Å²) in [6.45, 7) is 2.13. The molecule has 0 aliphatic carbocycles. The van der Waals surface area contributed by atoms with E-state index in [1.165, 1.54) is 5.56 Å². The van der Waals surface area contributed by atoms with E-state index >= 15 is 0 Å². The molecular weight excluding hydrogens is 200 g/mol. The smallest absolute Gasteiger partial charge is 0.132 e. The Balaban J connectivity index is 2.20. The minimum Gasteiger partial charge on any atom is -0.388 e. The lowest BCUT2D eigenvalue weighted by atomic mass is 10.1. The molecular formula is C13H16N2O. The zero-order valence-electron chi connectivity index (χ0n) is 9.40. The molecule has 0 atom stereocenters. The van der Waals surface area contributed by atoms with Crippen LogP contribution in [0.4, 0.5) is 0 Å². The van der Waals surface area contributed by atoms with E-state index in [4.69, 9.17) is 5.11 Å². The monoisotopic (exact) mass is 216 g/mol. The number of aromatic amines is 1. The number of aliphatic hydroxyl groups excluding tert-OH is 1. The van der Waals surface area contributed by atoms with Crippen LogP contribution in [0.5, 0.6) is 0 Å². The molecule has 0 spiro atoms. The Labute approximate surface area is 95.2 Å². The molecule has 0 unspecified atom stereocenters. The first-order chi connectivity index (χ1) is 7.83. The molecule has 3 nitrogen and oxygen atoms in total. The molecule has 3 heteroatoms. The lowest BCUT2D eigenvalue weighted by Crippen LogP contribution is -1.86.